The fourth-order valence-electron chi connectivity index (χ4n) is 1.84. The molecule has 2 aromatic rings. The number of carbonyl (C=O) groups is 1. The van der Waals surface area contributed by atoms with Gasteiger partial charge in [-0.15, -0.1) is 0 Å². The molecule has 2 N–H and O–H groups in total. The Labute approximate surface area is 140 Å². The molecule has 0 radical (unpaired) electrons. The van der Waals surface area contributed by atoms with Crippen LogP contribution in [0.25, 0.3) is 0 Å². The standard InChI is InChI=1S/C15H11ClFN3O4/c16-11-6-10(15(22)13(7-11)20(23)24)8-18-19-14(21)5-9-1-3-12(17)4-2-9/h1-4,6-8,22H,5H2,(H,19,21)/b18-8+. The van der Waals surface area contributed by atoms with Gasteiger partial charge < -0.3 is 5.11 Å². The van der Waals surface area contributed by atoms with E-state index in [0.717, 1.165) is 12.3 Å². The summed E-state index contributed by atoms with van der Waals surface area (Å²) >= 11 is 5.73. The quantitative estimate of drug-likeness (QED) is 0.491. The fourth-order valence-corrected chi connectivity index (χ4v) is 2.06. The van der Waals surface area contributed by atoms with Crippen LogP contribution in [0.5, 0.6) is 5.75 Å². The third-order valence-electron chi connectivity index (χ3n) is 2.95. The van der Waals surface area contributed by atoms with E-state index >= 15 is 0 Å². The minimum absolute atomic E-state index is 0.0173. The first kappa shape index (κ1) is 17.4. The van der Waals surface area contributed by atoms with E-state index in [1.807, 2.05) is 0 Å². The van der Waals surface area contributed by atoms with Crippen LogP contribution in [0, 0.1) is 15.9 Å². The summed E-state index contributed by atoms with van der Waals surface area (Å²) in [6.07, 6.45) is 1.01. The summed E-state index contributed by atoms with van der Waals surface area (Å²) < 4.78 is 12.8. The number of hydrazone groups is 1. The van der Waals surface area contributed by atoms with E-state index in [4.69, 9.17) is 11.6 Å². The van der Waals surface area contributed by atoms with Crippen molar-refractivity contribution >= 4 is 29.4 Å². The van der Waals surface area contributed by atoms with E-state index in [0.29, 0.717) is 5.56 Å². The molecule has 1 amide bonds. The second kappa shape index (κ2) is 7.51. The van der Waals surface area contributed by atoms with Gasteiger partial charge >= 0.3 is 5.69 Å². The van der Waals surface area contributed by atoms with Crippen molar-refractivity contribution in [3.8, 4) is 5.75 Å². The van der Waals surface area contributed by atoms with Crippen molar-refractivity contribution < 1.29 is 19.2 Å². The maximum Gasteiger partial charge on any atom is 0.312 e. The number of hydrogen-bond donors (Lipinski definition) is 2. The van der Waals surface area contributed by atoms with E-state index in [1.165, 1.54) is 30.3 Å². The Morgan fingerprint density at radius 2 is 2.04 bits per heavy atom. The second-order valence-corrected chi connectivity index (χ2v) is 5.15. The Morgan fingerprint density at radius 1 is 1.38 bits per heavy atom. The molecule has 0 aliphatic heterocycles. The number of hydrogen-bond acceptors (Lipinski definition) is 5. The molecule has 2 aromatic carbocycles. The Morgan fingerprint density at radius 3 is 2.67 bits per heavy atom. The number of halogens is 2. The summed E-state index contributed by atoms with van der Waals surface area (Å²) in [6.45, 7) is 0. The first-order valence-electron chi connectivity index (χ1n) is 6.60. The SMILES string of the molecule is O=C(Cc1ccc(F)cc1)N/N=C/c1cc(Cl)cc([N+](=O)[O-])c1O. The largest absolute Gasteiger partial charge is 0.502 e. The Kier molecular flexibility index (Phi) is 5.43. The predicted octanol–water partition coefficient (Wildman–Crippen LogP) is 2.79. The van der Waals surface area contributed by atoms with Crippen LogP contribution in [-0.4, -0.2) is 22.2 Å². The van der Waals surface area contributed by atoms with Gasteiger partial charge in [0, 0.05) is 16.7 Å². The van der Waals surface area contributed by atoms with Gasteiger partial charge in [0.2, 0.25) is 11.7 Å². The average Bonchev–Trinajstić information content (AvgIpc) is 2.52. The molecule has 0 saturated heterocycles. The van der Waals surface area contributed by atoms with Gasteiger partial charge in [0.15, 0.2) is 0 Å². The number of phenols is 1. The van der Waals surface area contributed by atoms with Gasteiger partial charge in [-0.25, -0.2) is 9.82 Å². The van der Waals surface area contributed by atoms with Crippen LogP contribution in [0.2, 0.25) is 5.02 Å². The van der Waals surface area contributed by atoms with Gasteiger partial charge in [0.1, 0.15) is 5.82 Å². The van der Waals surface area contributed by atoms with E-state index in [2.05, 4.69) is 10.5 Å². The lowest BCUT2D eigenvalue weighted by atomic mass is 10.1. The molecule has 0 fully saturated rings. The van der Waals surface area contributed by atoms with Gasteiger partial charge in [0.05, 0.1) is 17.6 Å². The minimum atomic E-state index is -0.786. The van der Waals surface area contributed by atoms with E-state index < -0.39 is 28.1 Å². The summed E-state index contributed by atoms with van der Waals surface area (Å²) in [7, 11) is 0. The molecule has 0 spiro atoms. The molecule has 0 aliphatic rings. The van der Waals surface area contributed by atoms with Crippen molar-refractivity contribution in [3.63, 3.8) is 0 Å². The summed E-state index contributed by atoms with van der Waals surface area (Å²) in [6, 6.07) is 7.65. The van der Waals surface area contributed by atoms with Crippen LogP contribution in [0.1, 0.15) is 11.1 Å². The Bertz CT molecular complexity index is 809. The van der Waals surface area contributed by atoms with Crippen LogP contribution in [-0.2, 0) is 11.2 Å². The highest BCUT2D eigenvalue weighted by Gasteiger charge is 2.17. The topological polar surface area (TPSA) is 105 Å². The Hall–Kier alpha value is -3.00. The highest BCUT2D eigenvalue weighted by molar-refractivity contribution is 6.31. The third kappa shape index (κ3) is 4.50. The number of carbonyl (C=O) groups excluding carboxylic acids is 1. The molecule has 0 unspecified atom stereocenters. The highest BCUT2D eigenvalue weighted by atomic mass is 35.5. The number of nitrogens with one attached hydrogen (secondary N) is 1. The molecule has 0 aromatic heterocycles. The summed E-state index contributed by atoms with van der Waals surface area (Å²) in [5, 5.41) is 24.2. The first-order valence-corrected chi connectivity index (χ1v) is 6.98. The lowest BCUT2D eigenvalue weighted by molar-refractivity contribution is -0.385. The van der Waals surface area contributed by atoms with Crippen LogP contribution >= 0.6 is 11.6 Å². The molecule has 0 bridgehead atoms. The van der Waals surface area contributed by atoms with E-state index in [1.54, 1.807) is 0 Å². The molecule has 7 nitrogen and oxygen atoms in total. The van der Waals surface area contributed by atoms with Crippen molar-refractivity contribution in [2.24, 2.45) is 5.10 Å². The zero-order chi connectivity index (χ0) is 17.7. The molecule has 124 valence electrons. The smallest absolute Gasteiger partial charge is 0.312 e. The van der Waals surface area contributed by atoms with Gasteiger partial charge in [-0.1, -0.05) is 23.7 Å². The summed E-state index contributed by atoms with van der Waals surface area (Å²) in [5.41, 5.74) is 2.21. The average molecular weight is 352 g/mol. The predicted molar refractivity (Wildman–Crippen MR) is 85.6 cm³/mol. The number of nitro benzene ring substituents is 1. The zero-order valence-electron chi connectivity index (χ0n) is 12.1. The van der Waals surface area contributed by atoms with Crippen LogP contribution in [0.15, 0.2) is 41.5 Å². The summed E-state index contributed by atoms with van der Waals surface area (Å²) in [4.78, 5) is 21.7. The number of benzene rings is 2. The van der Waals surface area contributed by atoms with E-state index in [9.17, 15) is 24.4 Å². The molecule has 24 heavy (non-hydrogen) atoms. The molecular weight excluding hydrogens is 341 g/mol. The lowest BCUT2D eigenvalue weighted by Gasteiger charge is -2.02. The van der Waals surface area contributed by atoms with Gasteiger partial charge in [-0.3, -0.25) is 14.9 Å². The van der Waals surface area contributed by atoms with Crippen molar-refractivity contribution in [1.82, 2.24) is 5.43 Å². The lowest BCUT2D eigenvalue weighted by Crippen LogP contribution is -2.19. The van der Waals surface area contributed by atoms with Gasteiger partial charge in [-0.2, -0.15) is 5.10 Å². The van der Waals surface area contributed by atoms with Crippen molar-refractivity contribution in [1.29, 1.82) is 0 Å². The molecule has 0 saturated carbocycles. The van der Waals surface area contributed by atoms with Crippen molar-refractivity contribution in [2.75, 3.05) is 0 Å². The first-order chi connectivity index (χ1) is 11.4. The highest BCUT2D eigenvalue weighted by Crippen LogP contribution is 2.32. The number of phenolic OH excluding ortho intramolecular Hbond substituents is 1. The third-order valence-corrected chi connectivity index (χ3v) is 3.17. The number of rotatable bonds is 5. The normalized spacial score (nSPS) is 10.8. The van der Waals surface area contributed by atoms with Crippen LogP contribution in [0.4, 0.5) is 10.1 Å². The molecule has 0 heterocycles. The Balaban J connectivity index is 2.05. The van der Waals surface area contributed by atoms with Crippen molar-refractivity contribution in [3.05, 3.63) is 68.5 Å². The molecule has 0 aliphatic carbocycles. The molecule has 9 heteroatoms. The van der Waals surface area contributed by atoms with Crippen molar-refractivity contribution in [2.45, 2.75) is 6.42 Å². The van der Waals surface area contributed by atoms with Gasteiger partial charge in [0.25, 0.3) is 0 Å². The number of nitrogens with zero attached hydrogens (tertiary/aromatic N) is 2. The van der Waals surface area contributed by atoms with Crippen LogP contribution < -0.4 is 5.43 Å². The summed E-state index contributed by atoms with van der Waals surface area (Å²) in [5.74, 6) is -1.50. The zero-order valence-corrected chi connectivity index (χ0v) is 12.8. The molecular formula is C15H11ClFN3O4. The minimum Gasteiger partial charge on any atom is -0.502 e. The fraction of sp³-hybridized carbons (Fsp3) is 0.0667. The molecule has 2 rings (SSSR count). The maximum atomic E-state index is 12.8. The number of aromatic hydroxyl groups is 1. The monoisotopic (exact) mass is 351 g/mol. The molecule has 0 atom stereocenters. The second-order valence-electron chi connectivity index (χ2n) is 4.72. The maximum absolute atomic E-state index is 12.8. The van der Waals surface area contributed by atoms with E-state index in [-0.39, 0.29) is 17.0 Å². The van der Waals surface area contributed by atoms with Crippen LogP contribution in [0.3, 0.4) is 0 Å². The van der Waals surface area contributed by atoms with Gasteiger partial charge in [-0.05, 0) is 23.8 Å². The number of amides is 1. The number of nitro groups is 1.